The summed E-state index contributed by atoms with van der Waals surface area (Å²) in [5, 5.41) is 6.72. The number of nitrogens with zero attached hydrogens (tertiary/aromatic N) is 3. The highest BCUT2D eigenvalue weighted by Gasteiger charge is 2.41. The normalized spacial score (nSPS) is 16.8. The zero-order valence-corrected chi connectivity index (χ0v) is 24.3. The number of hydrogen-bond donors (Lipinski definition) is 2. The molecule has 0 aliphatic carbocycles. The number of aryl methyl sites for hydroxylation is 4. The van der Waals surface area contributed by atoms with Crippen LogP contribution in [-0.2, 0) is 4.79 Å². The maximum absolute atomic E-state index is 14.1. The van der Waals surface area contributed by atoms with Crippen molar-refractivity contribution in [1.82, 2.24) is 19.8 Å². The molecule has 0 radical (unpaired) electrons. The summed E-state index contributed by atoms with van der Waals surface area (Å²) in [4.78, 5) is 19.6. The molecule has 0 saturated carbocycles. The van der Waals surface area contributed by atoms with Gasteiger partial charge in [-0.3, -0.25) is 9.78 Å². The minimum atomic E-state index is -0.462. The van der Waals surface area contributed by atoms with Crippen LogP contribution in [0, 0.1) is 40.4 Å². The maximum Gasteiger partial charge on any atom is 0.226 e. The van der Waals surface area contributed by atoms with Gasteiger partial charge in [0.1, 0.15) is 5.82 Å². The van der Waals surface area contributed by atoms with Crippen molar-refractivity contribution < 1.29 is 9.18 Å². The number of hydrogen-bond acceptors (Lipinski definition) is 3. The molecule has 2 aromatic carbocycles. The number of carbonyl (C=O) groups is 1. The number of para-hydroxylation sites is 1. The SMILES string of the molecule is Cc1cc(C)c(-n2c(C)cc([C@H]3[C@H](c4ccccn4)NC(=S)N3CCC(=O)Nc3ccccc3F)c2C)c(C)c1. The summed E-state index contributed by atoms with van der Waals surface area (Å²) in [5.74, 6) is -0.735. The van der Waals surface area contributed by atoms with E-state index >= 15 is 0 Å². The standard InChI is InChI=1S/C32H34FN5OS/c1-19-16-20(2)30(21(3)17-19)38-22(4)18-24(23(38)5)31-29(27-12-8-9-14-34-27)36-32(40)37(31)15-13-28(39)35-26-11-7-6-10-25(26)33/h6-12,14,16-18,29,31H,13,15H2,1-5H3,(H,35,39)(H,36,40)/t29-,31-/m0/s1. The lowest BCUT2D eigenvalue weighted by Gasteiger charge is -2.28. The quantitative estimate of drug-likeness (QED) is 0.253. The Bertz CT molecular complexity index is 1560. The van der Waals surface area contributed by atoms with Gasteiger partial charge in [-0.15, -0.1) is 0 Å². The average Bonchev–Trinajstić information content (AvgIpc) is 3.39. The number of pyridine rings is 1. The molecule has 3 heterocycles. The topological polar surface area (TPSA) is 62.2 Å². The van der Waals surface area contributed by atoms with Gasteiger partial charge in [0.15, 0.2) is 5.11 Å². The van der Waals surface area contributed by atoms with E-state index in [4.69, 9.17) is 12.2 Å². The van der Waals surface area contributed by atoms with Crippen LogP contribution in [0.15, 0.2) is 66.9 Å². The molecule has 2 N–H and O–H groups in total. The molecule has 5 rings (SSSR count). The Hall–Kier alpha value is -4.04. The third kappa shape index (κ3) is 5.23. The number of carbonyl (C=O) groups excluding carboxylic acids is 1. The van der Waals surface area contributed by atoms with Crippen molar-refractivity contribution in [2.45, 2.75) is 53.1 Å². The van der Waals surface area contributed by atoms with Crippen LogP contribution in [0.4, 0.5) is 10.1 Å². The van der Waals surface area contributed by atoms with Crippen LogP contribution in [0.3, 0.4) is 0 Å². The third-order valence-corrected chi connectivity index (χ3v) is 7.93. The van der Waals surface area contributed by atoms with Gasteiger partial charge in [-0.05, 0) is 93.9 Å². The van der Waals surface area contributed by atoms with Crippen molar-refractivity contribution in [3.8, 4) is 5.69 Å². The lowest BCUT2D eigenvalue weighted by Crippen LogP contribution is -2.33. The second-order valence-electron chi connectivity index (χ2n) is 10.5. The smallest absolute Gasteiger partial charge is 0.226 e. The highest BCUT2D eigenvalue weighted by Crippen LogP contribution is 2.42. The lowest BCUT2D eigenvalue weighted by molar-refractivity contribution is -0.116. The molecule has 1 fully saturated rings. The van der Waals surface area contributed by atoms with Crippen molar-refractivity contribution in [1.29, 1.82) is 0 Å². The molecule has 1 aliphatic heterocycles. The molecule has 2 aromatic heterocycles. The van der Waals surface area contributed by atoms with Gasteiger partial charge in [-0.25, -0.2) is 4.39 Å². The zero-order chi connectivity index (χ0) is 28.6. The van der Waals surface area contributed by atoms with E-state index in [2.05, 4.69) is 77.9 Å². The summed E-state index contributed by atoms with van der Waals surface area (Å²) in [5.41, 5.74) is 9.26. The second-order valence-corrected chi connectivity index (χ2v) is 10.9. The first kappa shape index (κ1) is 27.5. The average molecular weight is 556 g/mol. The molecular formula is C32H34FN5OS. The monoisotopic (exact) mass is 555 g/mol. The van der Waals surface area contributed by atoms with Crippen LogP contribution in [0.2, 0.25) is 0 Å². The van der Waals surface area contributed by atoms with Crippen LogP contribution in [0.5, 0.6) is 0 Å². The fraction of sp³-hybridized carbons (Fsp3) is 0.281. The molecule has 1 aliphatic rings. The Labute approximate surface area is 240 Å². The largest absolute Gasteiger partial charge is 0.352 e. The molecule has 0 unspecified atom stereocenters. The zero-order valence-electron chi connectivity index (χ0n) is 23.5. The van der Waals surface area contributed by atoms with Crippen molar-refractivity contribution in [2.24, 2.45) is 0 Å². The van der Waals surface area contributed by atoms with E-state index in [0.29, 0.717) is 11.7 Å². The Kier molecular flexibility index (Phi) is 7.72. The number of aromatic nitrogens is 2. The number of thiocarbonyl (C=S) groups is 1. The van der Waals surface area contributed by atoms with Crippen molar-refractivity contribution in [2.75, 3.05) is 11.9 Å². The third-order valence-electron chi connectivity index (χ3n) is 7.57. The summed E-state index contributed by atoms with van der Waals surface area (Å²) < 4.78 is 16.4. The molecule has 0 bridgehead atoms. The van der Waals surface area contributed by atoms with Gasteiger partial charge >= 0.3 is 0 Å². The number of nitrogens with one attached hydrogen (secondary N) is 2. The summed E-state index contributed by atoms with van der Waals surface area (Å²) in [6.45, 7) is 11.0. The first-order valence-electron chi connectivity index (χ1n) is 13.4. The molecule has 1 amide bonds. The molecule has 0 spiro atoms. The van der Waals surface area contributed by atoms with Crippen LogP contribution >= 0.6 is 12.2 Å². The predicted molar refractivity (Wildman–Crippen MR) is 161 cm³/mol. The number of amides is 1. The second kappa shape index (κ2) is 11.2. The summed E-state index contributed by atoms with van der Waals surface area (Å²) in [6.07, 6.45) is 1.93. The highest BCUT2D eigenvalue weighted by molar-refractivity contribution is 7.80. The number of benzene rings is 2. The van der Waals surface area contributed by atoms with Gasteiger partial charge in [0.25, 0.3) is 0 Å². The minimum absolute atomic E-state index is 0.149. The summed E-state index contributed by atoms with van der Waals surface area (Å²) >= 11 is 5.82. The van der Waals surface area contributed by atoms with E-state index in [0.717, 1.165) is 22.6 Å². The van der Waals surface area contributed by atoms with Gasteiger partial charge < -0.3 is 20.1 Å². The molecule has 40 heavy (non-hydrogen) atoms. The Balaban J connectivity index is 1.51. The van der Waals surface area contributed by atoms with E-state index in [1.54, 1.807) is 24.4 Å². The van der Waals surface area contributed by atoms with E-state index in [1.165, 1.54) is 28.4 Å². The van der Waals surface area contributed by atoms with Crippen molar-refractivity contribution >= 4 is 28.9 Å². The van der Waals surface area contributed by atoms with Gasteiger partial charge in [0.2, 0.25) is 5.91 Å². The van der Waals surface area contributed by atoms with Crippen LogP contribution in [-0.4, -0.2) is 32.0 Å². The van der Waals surface area contributed by atoms with E-state index in [-0.39, 0.29) is 30.1 Å². The van der Waals surface area contributed by atoms with Crippen LogP contribution in [0.25, 0.3) is 5.69 Å². The Morgan fingerprint density at radius 3 is 2.40 bits per heavy atom. The van der Waals surface area contributed by atoms with Gasteiger partial charge in [0.05, 0.1) is 29.2 Å². The first-order chi connectivity index (χ1) is 19.2. The van der Waals surface area contributed by atoms with Crippen LogP contribution < -0.4 is 10.6 Å². The molecule has 6 nitrogen and oxygen atoms in total. The fourth-order valence-corrected chi connectivity index (χ4v) is 6.27. The van der Waals surface area contributed by atoms with Crippen molar-refractivity contribution in [3.63, 3.8) is 0 Å². The number of rotatable bonds is 7. The number of anilines is 1. The highest BCUT2D eigenvalue weighted by atomic mass is 32.1. The van der Waals surface area contributed by atoms with Gasteiger partial charge in [0, 0.05) is 30.6 Å². The van der Waals surface area contributed by atoms with E-state index in [9.17, 15) is 9.18 Å². The predicted octanol–water partition coefficient (Wildman–Crippen LogP) is 6.55. The molecular weight excluding hydrogens is 521 g/mol. The Morgan fingerprint density at radius 1 is 1.02 bits per heavy atom. The molecule has 4 aromatic rings. The van der Waals surface area contributed by atoms with E-state index in [1.807, 2.05) is 18.2 Å². The maximum atomic E-state index is 14.1. The molecule has 1 saturated heterocycles. The summed E-state index contributed by atoms with van der Waals surface area (Å²) in [7, 11) is 0. The minimum Gasteiger partial charge on any atom is -0.352 e. The van der Waals surface area contributed by atoms with Crippen LogP contribution in [0.1, 0.15) is 57.8 Å². The van der Waals surface area contributed by atoms with E-state index < -0.39 is 5.82 Å². The lowest BCUT2D eigenvalue weighted by atomic mass is 9.96. The number of halogens is 1. The fourth-order valence-electron chi connectivity index (χ4n) is 5.94. The first-order valence-corrected chi connectivity index (χ1v) is 13.9. The summed E-state index contributed by atoms with van der Waals surface area (Å²) in [6, 6.07) is 18.3. The van der Waals surface area contributed by atoms with Gasteiger partial charge in [-0.1, -0.05) is 35.9 Å². The van der Waals surface area contributed by atoms with Gasteiger partial charge in [-0.2, -0.15) is 0 Å². The molecule has 206 valence electrons. The molecule has 8 heteroatoms. The molecule has 2 atom stereocenters. The van der Waals surface area contributed by atoms with Crippen molar-refractivity contribution in [3.05, 3.63) is 112 Å². The Morgan fingerprint density at radius 2 is 1.73 bits per heavy atom.